The quantitative estimate of drug-likeness (QED) is 0.448. The van der Waals surface area contributed by atoms with E-state index in [9.17, 15) is 23.2 Å². The zero-order valence-corrected chi connectivity index (χ0v) is 20.1. The fraction of sp³-hybridized carbons (Fsp3) is 0.370. The molecule has 7 nitrogen and oxygen atoms in total. The van der Waals surface area contributed by atoms with E-state index in [1.165, 1.54) is 37.5 Å². The van der Waals surface area contributed by atoms with Crippen LogP contribution < -0.4 is 5.32 Å². The average molecular weight is 498 g/mol. The Morgan fingerprint density at radius 3 is 2.50 bits per heavy atom. The largest absolute Gasteiger partial charge is 0.383 e. The lowest BCUT2D eigenvalue weighted by atomic mass is 9.74. The number of nitrogens with one attached hydrogen (secondary N) is 1. The molecule has 1 atom stereocenters. The number of nitrogens with zero attached hydrogens (tertiary/aromatic N) is 2. The number of hydrogen-bond acceptors (Lipinski definition) is 4. The summed E-state index contributed by atoms with van der Waals surface area (Å²) in [6, 6.07) is 11.4. The van der Waals surface area contributed by atoms with Gasteiger partial charge in [0.05, 0.1) is 13.2 Å². The first kappa shape index (κ1) is 25.5. The summed E-state index contributed by atoms with van der Waals surface area (Å²) in [4.78, 5) is 42.0. The monoisotopic (exact) mass is 497 g/mol. The number of benzene rings is 2. The first-order chi connectivity index (χ1) is 17.3. The van der Waals surface area contributed by atoms with Gasteiger partial charge in [-0.25, -0.2) is 13.6 Å². The number of urea groups is 1. The number of likely N-dealkylation sites (tertiary alicyclic amines) is 1. The van der Waals surface area contributed by atoms with Crippen LogP contribution in [0, 0.1) is 17.6 Å². The summed E-state index contributed by atoms with van der Waals surface area (Å²) < 4.78 is 32.1. The molecule has 2 fully saturated rings. The molecule has 2 aliphatic heterocycles. The van der Waals surface area contributed by atoms with Crippen molar-refractivity contribution in [1.29, 1.82) is 0 Å². The molecule has 0 spiro atoms. The maximum Gasteiger partial charge on any atom is 0.325 e. The number of piperidine rings is 1. The van der Waals surface area contributed by atoms with Crippen molar-refractivity contribution in [1.82, 2.24) is 15.1 Å². The molecule has 1 N–H and O–H groups in total. The number of ether oxygens (including phenoxy) is 1. The van der Waals surface area contributed by atoms with Crippen molar-refractivity contribution < 1.29 is 27.9 Å². The Morgan fingerprint density at radius 1 is 1.11 bits per heavy atom. The van der Waals surface area contributed by atoms with E-state index in [1.807, 2.05) is 0 Å². The van der Waals surface area contributed by atoms with Crippen LogP contribution in [0.2, 0.25) is 0 Å². The van der Waals surface area contributed by atoms with Gasteiger partial charge in [0.15, 0.2) is 0 Å². The zero-order valence-electron chi connectivity index (χ0n) is 20.1. The molecular weight excluding hydrogens is 468 g/mol. The van der Waals surface area contributed by atoms with Crippen LogP contribution in [0.3, 0.4) is 0 Å². The van der Waals surface area contributed by atoms with Gasteiger partial charge in [0.25, 0.3) is 5.91 Å². The molecule has 4 amide bonds. The van der Waals surface area contributed by atoms with Gasteiger partial charge in [-0.15, -0.1) is 0 Å². The summed E-state index contributed by atoms with van der Waals surface area (Å²) >= 11 is 0. The highest BCUT2D eigenvalue weighted by molar-refractivity contribution is 6.07. The molecule has 2 aromatic rings. The molecule has 2 aromatic carbocycles. The first-order valence-electron chi connectivity index (χ1n) is 11.9. The lowest BCUT2D eigenvalue weighted by Crippen LogP contribution is -2.58. The second kappa shape index (κ2) is 11.0. The molecule has 0 aliphatic carbocycles. The molecule has 0 radical (unpaired) electrons. The Bertz CT molecular complexity index is 1150. The topological polar surface area (TPSA) is 79.0 Å². The molecule has 0 bridgehead atoms. The van der Waals surface area contributed by atoms with Gasteiger partial charge in [0, 0.05) is 32.7 Å². The predicted molar refractivity (Wildman–Crippen MR) is 130 cm³/mol. The predicted octanol–water partition coefficient (Wildman–Crippen LogP) is 3.40. The number of rotatable bonds is 8. The van der Waals surface area contributed by atoms with E-state index in [2.05, 4.69) is 5.32 Å². The van der Waals surface area contributed by atoms with Gasteiger partial charge in [0.1, 0.15) is 17.2 Å². The van der Waals surface area contributed by atoms with Crippen molar-refractivity contribution in [2.45, 2.75) is 24.8 Å². The number of carbonyl (C=O) groups is 3. The zero-order chi connectivity index (χ0) is 25.7. The minimum absolute atomic E-state index is 0.123. The lowest BCUT2D eigenvalue weighted by Gasteiger charge is -2.41. The minimum atomic E-state index is -1.22. The van der Waals surface area contributed by atoms with E-state index in [4.69, 9.17) is 4.74 Å². The van der Waals surface area contributed by atoms with Crippen LogP contribution in [0.15, 0.2) is 54.6 Å². The number of halogens is 2. The Balaban J connectivity index is 1.49. The second-order valence-electron chi connectivity index (χ2n) is 9.14. The molecule has 9 heteroatoms. The van der Waals surface area contributed by atoms with Crippen molar-refractivity contribution in [2.24, 2.45) is 5.92 Å². The summed E-state index contributed by atoms with van der Waals surface area (Å²) in [6.07, 6.45) is 4.23. The highest BCUT2D eigenvalue weighted by Crippen LogP contribution is 2.36. The maximum atomic E-state index is 13.9. The maximum absolute atomic E-state index is 13.9. The van der Waals surface area contributed by atoms with Gasteiger partial charge in [-0.1, -0.05) is 24.3 Å². The molecule has 0 saturated carbocycles. The number of imide groups is 1. The van der Waals surface area contributed by atoms with E-state index < -0.39 is 17.4 Å². The van der Waals surface area contributed by atoms with E-state index >= 15 is 0 Å². The summed E-state index contributed by atoms with van der Waals surface area (Å²) in [6.45, 7) is 1.15. The minimum Gasteiger partial charge on any atom is -0.383 e. The number of methoxy groups -OCH3 is 1. The molecule has 2 saturated heterocycles. The summed E-state index contributed by atoms with van der Waals surface area (Å²) in [5.41, 5.74) is 0.0969. The van der Waals surface area contributed by atoms with Crippen molar-refractivity contribution in [3.8, 4) is 0 Å². The highest BCUT2D eigenvalue weighted by Gasteiger charge is 2.55. The van der Waals surface area contributed by atoms with Gasteiger partial charge in [-0.05, 0) is 60.2 Å². The fourth-order valence-electron chi connectivity index (χ4n) is 4.98. The van der Waals surface area contributed by atoms with Crippen molar-refractivity contribution >= 4 is 23.9 Å². The van der Waals surface area contributed by atoms with Crippen LogP contribution in [-0.2, 0) is 20.7 Å². The molecule has 36 heavy (non-hydrogen) atoms. The van der Waals surface area contributed by atoms with Crippen LogP contribution in [0.1, 0.15) is 24.0 Å². The molecule has 4 rings (SSSR count). The van der Waals surface area contributed by atoms with Gasteiger partial charge < -0.3 is 15.0 Å². The molecule has 2 aliphatic rings. The Hall–Kier alpha value is -3.59. The molecular formula is C27H29F2N3O4. The smallest absolute Gasteiger partial charge is 0.325 e. The van der Waals surface area contributed by atoms with Crippen LogP contribution in [0.25, 0.3) is 6.08 Å². The molecule has 2 heterocycles. The van der Waals surface area contributed by atoms with E-state index in [1.54, 1.807) is 35.2 Å². The van der Waals surface area contributed by atoms with Crippen molar-refractivity contribution in [3.05, 3.63) is 77.4 Å². The molecule has 190 valence electrons. The highest BCUT2D eigenvalue weighted by atomic mass is 19.1. The van der Waals surface area contributed by atoms with Crippen molar-refractivity contribution in [3.63, 3.8) is 0 Å². The molecule has 0 aromatic heterocycles. The third kappa shape index (κ3) is 5.46. The number of carbonyl (C=O) groups excluding carboxylic acids is 3. The summed E-state index contributed by atoms with van der Waals surface area (Å²) in [5, 5.41) is 2.92. The number of hydrogen-bond donors (Lipinski definition) is 1. The standard InChI is InChI=1S/C27H29F2N3O4/c1-36-16-15-32-25(34)27(30-26(32)35,18-20-3-2-4-23(29)17-20)21-11-13-31(14-12-21)24(33)10-7-19-5-8-22(28)9-6-19/h2-10,17,21H,11-16,18H2,1H3,(H,30,35). The van der Waals surface area contributed by atoms with E-state index in [-0.39, 0.29) is 43.1 Å². The van der Waals surface area contributed by atoms with Crippen LogP contribution >= 0.6 is 0 Å². The SMILES string of the molecule is COCCN1C(=O)NC(Cc2cccc(F)c2)(C2CCN(C(=O)C=Cc3ccc(F)cc3)CC2)C1=O. The van der Waals surface area contributed by atoms with E-state index in [0.29, 0.717) is 37.1 Å². The Morgan fingerprint density at radius 2 is 1.83 bits per heavy atom. The summed E-state index contributed by atoms with van der Waals surface area (Å²) in [7, 11) is 1.50. The second-order valence-corrected chi connectivity index (χ2v) is 9.14. The van der Waals surface area contributed by atoms with E-state index in [0.717, 1.165) is 4.90 Å². The first-order valence-corrected chi connectivity index (χ1v) is 11.9. The number of amides is 4. The van der Waals surface area contributed by atoms with Gasteiger partial charge in [-0.2, -0.15) is 0 Å². The third-order valence-corrected chi connectivity index (χ3v) is 6.88. The van der Waals surface area contributed by atoms with Gasteiger partial charge in [0.2, 0.25) is 5.91 Å². The third-order valence-electron chi connectivity index (χ3n) is 6.88. The Labute approximate surface area is 208 Å². The lowest BCUT2D eigenvalue weighted by molar-refractivity contribution is -0.135. The van der Waals surface area contributed by atoms with Gasteiger partial charge >= 0.3 is 6.03 Å². The fourth-order valence-corrected chi connectivity index (χ4v) is 4.98. The molecule has 1 unspecified atom stereocenters. The van der Waals surface area contributed by atoms with Crippen LogP contribution in [-0.4, -0.2) is 66.5 Å². The van der Waals surface area contributed by atoms with Crippen LogP contribution in [0.4, 0.5) is 13.6 Å². The van der Waals surface area contributed by atoms with Crippen molar-refractivity contribution in [2.75, 3.05) is 33.4 Å². The summed E-state index contributed by atoms with van der Waals surface area (Å²) in [5.74, 6) is -1.53. The van der Waals surface area contributed by atoms with Gasteiger partial charge in [-0.3, -0.25) is 14.5 Å². The average Bonchev–Trinajstić information content (AvgIpc) is 3.11. The normalized spacial score (nSPS) is 20.9. The van der Waals surface area contributed by atoms with Crippen LogP contribution in [0.5, 0.6) is 0 Å². The Kier molecular flexibility index (Phi) is 7.79.